The van der Waals surface area contributed by atoms with Gasteiger partial charge in [-0.05, 0) is 12.5 Å². The highest BCUT2D eigenvalue weighted by atomic mass is 35.5. The van der Waals surface area contributed by atoms with Crippen LogP contribution < -0.4 is 0 Å². The summed E-state index contributed by atoms with van der Waals surface area (Å²) in [6.07, 6.45) is 0.896. The highest BCUT2D eigenvalue weighted by Gasteiger charge is 2.19. The molecule has 0 aromatic heterocycles. The number of benzene rings is 1. The largest absolute Gasteiger partial charge is 0.390 e. The molecule has 0 fully saturated rings. The van der Waals surface area contributed by atoms with E-state index in [0.717, 1.165) is 12.8 Å². The molecule has 2 nitrogen and oxygen atoms in total. The van der Waals surface area contributed by atoms with Crippen molar-refractivity contribution in [3.05, 3.63) is 34.9 Å². The summed E-state index contributed by atoms with van der Waals surface area (Å²) in [6, 6.07) is 7.06. The molecule has 3 heteroatoms. The Bertz CT molecular complexity index is 301. The number of hydrogen-bond donors (Lipinski definition) is 2. The van der Waals surface area contributed by atoms with Crippen LogP contribution in [0.25, 0.3) is 0 Å². The minimum Gasteiger partial charge on any atom is -0.390 e. The van der Waals surface area contributed by atoms with E-state index in [9.17, 15) is 10.2 Å². The monoisotopic (exact) mass is 228 g/mol. The molecular weight excluding hydrogens is 212 g/mol. The summed E-state index contributed by atoms with van der Waals surface area (Å²) >= 11 is 5.93. The molecule has 0 spiro atoms. The first kappa shape index (κ1) is 12.5. The summed E-state index contributed by atoms with van der Waals surface area (Å²) in [7, 11) is 0. The van der Waals surface area contributed by atoms with Crippen molar-refractivity contribution in [2.45, 2.75) is 38.4 Å². The third-order valence-corrected chi connectivity index (χ3v) is 2.79. The van der Waals surface area contributed by atoms with E-state index in [-0.39, 0.29) is 0 Å². The van der Waals surface area contributed by atoms with Crippen LogP contribution in [0.3, 0.4) is 0 Å². The molecule has 0 saturated heterocycles. The highest BCUT2D eigenvalue weighted by molar-refractivity contribution is 6.31. The van der Waals surface area contributed by atoms with Crippen molar-refractivity contribution < 1.29 is 10.2 Å². The fraction of sp³-hybridized carbons (Fsp3) is 0.500. The third kappa shape index (κ3) is 3.49. The fourth-order valence-corrected chi connectivity index (χ4v) is 1.74. The molecule has 1 unspecified atom stereocenters. The second-order valence-corrected chi connectivity index (χ2v) is 4.08. The molecule has 0 amide bonds. The van der Waals surface area contributed by atoms with Crippen molar-refractivity contribution in [1.82, 2.24) is 0 Å². The second kappa shape index (κ2) is 6.11. The van der Waals surface area contributed by atoms with Gasteiger partial charge in [0.1, 0.15) is 6.10 Å². The van der Waals surface area contributed by atoms with Gasteiger partial charge in [0.2, 0.25) is 0 Å². The Morgan fingerprint density at radius 1 is 1.27 bits per heavy atom. The number of hydrogen-bond acceptors (Lipinski definition) is 2. The van der Waals surface area contributed by atoms with Crippen LogP contribution in [0.15, 0.2) is 24.3 Å². The molecule has 0 heterocycles. The van der Waals surface area contributed by atoms with Crippen molar-refractivity contribution in [2.75, 3.05) is 0 Å². The molecule has 84 valence electrons. The Kier molecular flexibility index (Phi) is 5.09. The van der Waals surface area contributed by atoms with Crippen molar-refractivity contribution >= 4 is 11.6 Å². The number of aliphatic hydroxyl groups excluding tert-OH is 2. The van der Waals surface area contributed by atoms with Gasteiger partial charge in [-0.2, -0.15) is 0 Å². The van der Waals surface area contributed by atoms with Crippen LogP contribution in [0.2, 0.25) is 5.02 Å². The van der Waals surface area contributed by atoms with Crippen molar-refractivity contribution in [3.63, 3.8) is 0 Å². The number of halogens is 1. The predicted octanol–water partition coefficient (Wildman–Crippen LogP) is 2.92. The van der Waals surface area contributed by atoms with E-state index >= 15 is 0 Å². The van der Waals surface area contributed by atoms with E-state index in [0.29, 0.717) is 17.0 Å². The second-order valence-electron chi connectivity index (χ2n) is 3.68. The number of aliphatic hydroxyl groups is 2. The van der Waals surface area contributed by atoms with Crippen molar-refractivity contribution in [3.8, 4) is 0 Å². The molecule has 1 aromatic carbocycles. The zero-order valence-electron chi connectivity index (χ0n) is 8.86. The zero-order chi connectivity index (χ0) is 11.3. The van der Waals surface area contributed by atoms with E-state index in [1.54, 1.807) is 24.3 Å². The SMILES string of the molecule is CCCC[C@@H](O)C(O)c1ccccc1Cl. The van der Waals surface area contributed by atoms with Gasteiger partial charge in [-0.1, -0.05) is 49.6 Å². The van der Waals surface area contributed by atoms with Crippen LogP contribution in [-0.4, -0.2) is 16.3 Å². The van der Waals surface area contributed by atoms with E-state index in [1.165, 1.54) is 0 Å². The maximum absolute atomic E-state index is 9.86. The van der Waals surface area contributed by atoms with Gasteiger partial charge < -0.3 is 10.2 Å². The van der Waals surface area contributed by atoms with Crippen LogP contribution in [-0.2, 0) is 0 Å². The average Bonchev–Trinajstić information content (AvgIpc) is 2.25. The van der Waals surface area contributed by atoms with Crippen LogP contribution in [0.5, 0.6) is 0 Å². The fourth-order valence-electron chi connectivity index (χ4n) is 1.49. The summed E-state index contributed by atoms with van der Waals surface area (Å²) < 4.78 is 0. The standard InChI is InChI=1S/C12H17ClO2/c1-2-3-8-11(14)12(15)9-6-4-5-7-10(9)13/h4-7,11-12,14-15H,2-3,8H2,1H3/t11-,12?/m1/s1. The van der Waals surface area contributed by atoms with Crippen LogP contribution in [0.1, 0.15) is 37.9 Å². The number of unbranched alkanes of at least 4 members (excludes halogenated alkanes) is 1. The van der Waals surface area contributed by atoms with Gasteiger partial charge in [-0.3, -0.25) is 0 Å². The summed E-state index contributed by atoms with van der Waals surface area (Å²) in [6.45, 7) is 2.05. The molecule has 0 bridgehead atoms. The summed E-state index contributed by atoms with van der Waals surface area (Å²) in [5.74, 6) is 0. The normalized spacial score (nSPS) is 14.9. The molecule has 2 N–H and O–H groups in total. The van der Waals surface area contributed by atoms with Gasteiger partial charge in [0.25, 0.3) is 0 Å². The zero-order valence-corrected chi connectivity index (χ0v) is 9.61. The lowest BCUT2D eigenvalue weighted by Crippen LogP contribution is -2.18. The molecule has 0 aliphatic carbocycles. The van der Waals surface area contributed by atoms with Crippen molar-refractivity contribution in [2.24, 2.45) is 0 Å². The first-order valence-electron chi connectivity index (χ1n) is 5.27. The maximum Gasteiger partial charge on any atom is 0.106 e. The number of rotatable bonds is 5. The Labute approximate surface area is 95.5 Å². The Balaban J connectivity index is 2.67. The molecular formula is C12H17ClO2. The van der Waals surface area contributed by atoms with Crippen LogP contribution in [0.4, 0.5) is 0 Å². The smallest absolute Gasteiger partial charge is 0.106 e. The lowest BCUT2D eigenvalue weighted by Gasteiger charge is -2.18. The Morgan fingerprint density at radius 3 is 2.53 bits per heavy atom. The van der Waals surface area contributed by atoms with Crippen molar-refractivity contribution in [1.29, 1.82) is 0 Å². The van der Waals surface area contributed by atoms with Crippen LogP contribution >= 0.6 is 11.6 Å². The van der Waals surface area contributed by atoms with E-state index in [1.807, 2.05) is 0 Å². The quantitative estimate of drug-likeness (QED) is 0.814. The first-order valence-corrected chi connectivity index (χ1v) is 5.65. The minimum absolute atomic E-state index is 0.501. The molecule has 1 aromatic rings. The minimum atomic E-state index is -0.884. The van der Waals surface area contributed by atoms with Gasteiger partial charge in [0.05, 0.1) is 6.10 Å². The van der Waals surface area contributed by atoms with E-state index < -0.39 is 12.2 Å². The van der Waals surface area contributed by atoms with Gasteiger partial charge in [-0.15, -0.1) is 0 Å². The Hall–Kier alpha value is -0.570. The van der Waals surface area contributed by atoms with E-state index in [4.69, 9.17) is 11.6 Å². The summed E-state index contributed by atoms with van der Waals surface area (Å²) in [4.78, 5) is 0. The lowest BCUT2D eigenvalue weighted by molar-refractivity contribution is 0.0123. The van der Waals surface area contributed by atoms with Gasteiger partial charge in [0, 0.05) is 10.6 Å². The summed E-state index contributed by atoms with van der Waals surface area (Å²) in [5.41, 5.74) is 0.600. The first-order chi connectivity index (χ1) is 7.16. The summed E-state index contributed by atoms with van der Waals surface area (Å²) in [5, 5.41) is 20.1. The lowest BCUT2D eigenvalue weighted by atomic mass is 10.0. The topological polar surface area (TPSA) is 40.5 Å². The molecule has 0 aliphatic heterocycles. The maximum atomic E-state index is 9.86. The molecule has 15 heavy (non-hydrogen) atoms. The molecule has 0 saturated carbocycles. The highest BCUT2D eigenvalue weighted by Crippen LogP contribution is 2.26. The van der Waals surface area contributed by atoms with Crippen LogP contribution in [0, 0.1) is 0 Å². The predicted molar refractivity (Wildman–Crippen MR) is 61.9 cm³/mol. The van der Waals surface area contributed by atoms with Gasteiger partial charge in [-0.25, -0.2) is 0 Å². The average molecular weight is 229 g/mol. The third-order valence-electron chi connectivity index (χ3n) is 2.44. The molecule has 0 radical (unpaired) electrons. The van der Waals surface area contributed by atoms with Gasteiger partial charge >= 0.3 is 0 Å². The Morgan fingerprint density at radius 2 is 1.93 bits per heavy atom. The van der Waals surface area contributed by atoms with Gasteiger partial charge in [0.15, 0.2) is 0 Å². The van der Waals surface area contributed by atoms with E-state index in [2.05, 4.69) is 6.92 Å². The molecule has 0 aliphatic rings. The molecule has 2 atom stereocenters. The molecule has 1 rings (SSSR count).